The van der Waals surface area contributed by atoms with E-state index in [0.717, 1.165) is 5.69 Å². The van der Waals surface area contributed by atoms with Gasteiger partial charge in [-0.25, -0.2) is 9.97 Å². The molecule has 0 aliphatic heterocycles. The largest absolute Gasteiger partial charge is 0.387 e. The van der Waals surface area contributed by atoms with Gasteiger partial charge in [-0.05, 0) is 6.07 Å². The quantitative estimate of drug-likeness (QED) is 0.554. The molecule has 1 rings (SSSR count). The number of aliphatic imine (C=N–C) groups is 1. The van der Waals surface area contributed by atoms with Gasteiger partial charge in [-0.3, -0.25) is 4.99 Å². The van der Waals surface area contributed by atoms with E-state index in [2.05, 4.69) is 15.0 Å². The number of rotatable bonds is 3. The van der Waals surface area contributed by atoms with Crippen molar-refractivity contribution in [1.82, 2.24) is 9.97 Å². The molecule has 0 bridgehead atoms. The highest BCUT2D eigenvalue weighted by molar-refractivity contribution is 5.82. The van der Waals surface area contributed by atoms with Gasteiger partial charge in [-0.2, -0.15) is 0 Å². The average Bonchev–Trinajstić information content (AvgIpc) is 2.15. The maximum absolute atomic E-state index is 5.67. The van der Waals surface area contributed by atoms with E-state index in [9.17, 15) is 0 Å². The Morgan fingerprint density at radius 2 is 2.38 bits per heavy atom. The Hall–Kier alpha value is -1.45. The summed E-state index contributed by atoms with van der Waals surface area (Å²) in [6, 6.07) is 1.83. The molecule has 1 heterocycles. The summed E-state index contributed by atoms with van der Waals surface area (Å²) in [4.78, 5) is 12.1. The predicted octanol–water partition coefficient (Wildman–Crippen LogP) is 0.990. The van der Waals surface area contributed by atoms with Gasteiger partial charge in [0.2, 0.25) is 0 Å². The molecule has 0 aliphatic rings. The molecule has 1 aromatic heterocycles. The van der Waals surface area contributed by atoms with Crippen molar-refractivity contribution in [1.29, 1.82) is 0 Å². The number of amidine groups is 1. The van der Waals surface area contributed by atoms with Crippen LogP contribution in [0.1, 0.15) is 19.5 Å². The molecule has 0 saturated carbocycles. The van der Waals surface area contributed by atoms with Gasteiger partial charge >= 0.3 is 0 Å². The zero-order chi connectivity index (χ0) is 9.68. The highest BCUT2D eigenvalue weighted by Crippen LogP contribution is 1.97. The maximum atomic E-state index is 5.67. The molecular formula is C9H14N4. The second-order valence-corrected chi connectivity index (χ2v) is 3.10. The molecule has 1 aromatic rings. The molecule has 0 fully saturated rings. The summed E-state index contributed by atoms with van der Waals surface area (Å²) in [5, 5.41) is 0. The van der Waals surface area contributed by atoms with Crippen LogP contribution in [0, 0.1) is 5.92 Å². The van der Waals surface area contributed by atoms with Crippen molar-refractivity contribution in [3.05, 3.63) is 24.3 Å². The van der Waals surface area contributed by atoms with Gasteiger partial charge in [0.25, 0.3) is 0 Å². The Morgan fingerprint density at radius 1 is 1.62 bits per heavy atom. The fourth-order valence-corrected chi connectivity index (χ4v) is 0.766. The minimum Gasteiger partial charge on any atom is -0.387 e. The van der Waals surface area contributed by atoms with Crippen LogP contribution in [0.25, 0.3) is 0 Å². The third kappa shape index (κ3) is 3.19. The van der Waals surface area contributed by atoms with E-state index in [1.165, 1.54) is 6.33 Å². The first-order valence-electron chi connectivity index (χ1n) is 4.25. The van der Waals surface area contributed by atoms with Gasteiger partial charge in [0.05, 0.1) is 18.1 Å². The van der Waals surface area contributed by atoms with Crippen LogP contribution in [0.4, 0.5) is 0 Å². The molecule has 0 spiro atoms. The Morgan fingerprint density at radius 3 is 2.92 bits per heavy atom. The summed E-state index contributed by atoms with van der Waals surface area (Å²) in [5.41, 5.74) is 6.56. The predicted molar refractivity (Wildman–Crippen MR) is 52.2 cm³/mol. The molecule has 0 aliphatic carbocycles. The minimum atomic E-state index is 0.293. The molecule has 0 atom stereocenters. The van der Waals surface area contributed by atoms with E-state index in [4.69, 9.17) is 5.73 Å². The number of nitrogens with zero attached hydrogens (tertiary/aromatic N) is 3. The summed E-state index contributed by atoms with van der Waals surface area (Å²) < 4.78 is 0. The average molecular weight is 178 g/mol. The van der Waals surface area contributed by atoms with Crippen molar-refractivity contribution in [2.45, 2.75) is 20.4 Å². The van der Waals surface area contributed by atoms with Crippen LogP contribution in [0.2, 0.25) is 0 Å². The molecule has 4 heteroatoms. The van der Waals surface area contributed by atoms with Crippen LogP contribution < -0.4 is 5.73 Å². The molecule has 0 radical (unpaired) electrons. The minimum absolute atomic E-state index is 0.293. The fourth-order valence-electron chi connectivity index (χ4n) is 0.766. The Bertz CT molecular complexity index is 279. The van der Waals surface area contributed by atoms with Gasteiger partial charge in [-0.1, -0.05) is 13.8 Å². The zero-order valence-corrected chi connectivity index (χ0v) is 7.94. The number of hydrogen-bond donors (Lipinski definition) is 1. The lowest BCUT2D eigenvalue weighted by atomic mass is 10.2. The first-order chi connectivity index (χ1) is 6.20. The Balaban J connectivity index is 2.57. The summed E-state index contributed by atoms with van der Waals surface area (Å²) in [6.45, 7) is 4.56. The standard InChI is InChI=1S/C9H14N4/c1-7(2)9(10)12-5-8-3-4-11-6-13-8/h3-4,6-7H,5H2,1-2H3,(H2,10,12). The zero-order valence-electron chi connectivity index (χ0n) is 7.94. The van der Waals surface area contributed by atoms with Crippen molar-refractivity contribution < 1.29 is 0 Å². The third-order valence-electron chi connectivity index (χ3n) is 1.66. The molecule has 0 amide bonds. The van der Waals surface area contributed by atoms with E-state index in [1.54, 1.807) is 6.20 Å². The number of nitrogens with two attached hydrogens (primary N) is 1. The normalized spacial score (nSPS) is 12.1. The summed E-state index contributed by atoms with van der Waals surface area (Å²) in [6.07, 6.45) is 3.21. The highest BCUT2D eigenvalue weighted by atomic mass is 14.9. The van der Waals surface area contributed by atoms with E-state index >= 15 is 0 Å². The van der Waals surface area contributed by atoms with E-state index in [0.29, 0.717) is 18.3 Å². The van der Waals surface area contributed by atoms with Crippen LogP contribution >= 0.6 is 0 Å². The molecule has 0 saturated heterocycles. The molecule has 0 unspecified atom stereocenters. The SMILES string of the molecule is CC(C)C(N)=NCc1ccncn1. The van der Waals surface area contributed by atoms with Crippen molar-refractivity contribution in [2.24, 2.45) is 16.6 Å². The first kappa shape index (κ1) is 9.64. The Labute approximate surface area is 77.9 Å². The van der Waals surface area contributed by atoms with Crippen LogP contribution in [0.15, 0.2) is 23.6 Å². The topological polar surface area (TPSA) is 64.2 Å². The monoisotopic (exact) mass is 178 g/mol. The summed E-state index contributed by atoms with van der Waals surface area (Å²) >= 11 is 0. The van der Waals surface area contributed by atoms with Gasteiger partial charge in [0, 0.05) is 12.1 Å². The molecule has 70 valence electrons. The lowest BCUT2D eigenvalue weighted by Gasteiger charge is -2.02. The molecule has 4 nitrogen and oxygen atoms in total. The second-order valence-electron chi connectivity index (χ2n) is 3.10. The van der Waals surface area contributed by atoms with Crippen molar-refractivity contribution in [3.8, 4) is 0 Å². The molecular weight excluding hydrogens is 164 g/mol. The molecule has 2 N–H and O–H groups in total. The van der Waals surface area contributed by atoms with E-state index < -0.39 is 0 Å². The third-order valence-corrected chi connectivity index (χ3v) is 1.66. The van der Waals surface area contributed by atoms with Gasteiger partial charge < -0.3 is 5.73 Å². The van der Waals surface area contributed by atoms with Crippen molar-refractivity contribution in [3.63, 3.8) is 0 Å². The Kier molecular flexibility index (Phi) is 3.37. The van der Waals surface area contributed by atoms with Crippen LogP contribution in [-0.4, -0.2) is 15.8 Å². The van der Waals surface area contributed by atoms with Crippen LogP contribution in [0.3, 0.4) is 0 Å². The van der Waals surface area contributed by atoms with Crippen molar-refractivity contribution >= 4 is 5.84 Å². The van der Waals surface area contributed by atoms with Gasteiger partial charge in [0.1, 0.15) is 6.33 Å². The lowest BCUT2D eigenvalue weighted by Crippen LogP contribution is -2.18. The lowest BCUT2D eigenvalue weighted by molar-refractivity contribution is 0.847. The summed E-state index contributed by atoms with van der Waals surface area (Å²) in [5.74, 6) is 0.959. The van der Waals surface area contributed by atoms with Crippen LogP contribution in [-0.2, 0) is 6.54 Å². The van der Waals surface area contributed by atoms with Gasteiger partial charge in [0.15, 0.2) is 0 Å². The molecule has 0 aromatic carbocycles. The molecule has 13 heavy (non-hydrogen) atoms. The van der Waals surface area contributed by atoms with E-state index in [-0.39, 0.29) is 0 Å². The van der Waals surface area contributed by atoms with Gasteiger partial charge in [-0.15, -0.1) is 0 Å². The smallest absolute Gasteiger partial charge is 0.115 e. The number of aromatic nitrogens is 2. The van der Waals surface area contributed by atoms with E-state index in [1.807, 2.05) is 19.9 Å². The maximum Gasteiger partial charge on any atom is 0.115 e. The number of hydrogen-bond acceptors (Lipinski definition) is 3. The summed E-state index contributed by atoms with van der Waals surface area (Å²) in [7, 11) is 0. The fraction of sp³-hybridized carbons (Fsp3) is 0.444. The van der Waals surface area contributed by atoms with Crippen molar-refractivity contribution in [2.75, 3.05) is 0 Å². The highest BCUT2D eigenvalue weighted by Gasteiger charge is 1.98. The first-order valence-corrected chi connectivity index (χ1v) is 4.25. The second kappa shape index (κ2) is 4.54. The van der Waals surface area contributed by atoms with Crippen LogP contribution in [0.5, 0.6) is 0 Å².